The number of pyridine rings is 2. The summed E-state index contributed by atoms with van der Waals surface area (Å²) in [4.78, 5) is 21.5. The van der Waals surface area contributed by atoms with E-state index in [-0.39, 0.29) is 28.7 Å². The number of nitrogens with one attached hydrogen (secondary N) is 1. The van der Waals surface area contributed by atoms with Gasteiger partial charge in [0.15, 0.2) is 0 Å². The molecule has 0 radical (unpaired) electrons. The molecule has 182 valence electrons. The van der Waals surface area contributed by atoms with Crippen LogP contribution < -0.4 is 10.1 Å². The van der Waals surface area contributed by atoms with Crippen molar-refractivity contribution in [2.24, 2.45) is 13.0 Å². The standard InChI is InChI=1S/C24H19F2N7O2S/c1-4-12-7-13(12)23-30-31-24(36-23)29-22(34)16-10-27-18(17-5-6-33(2)32-17)8-14(16)15-9-19(21(25)26)28-11-20(15)35-3/h1,5-6,8-13,21H,7H2,2-3H3,(H,29,31,34)/t12-,13?/m1/s1. The molecule has 0 aliphatic heterocycles. The number of carbonyl (C=O) groups excluding carboxylic acids is 1. The fourth-order valence-electron chi connectivity index (χ4n) is 3.75. The number of aromatic nitrogens is 6. The smallest absolute Gasteiger partial charge is 0.280 e. The average Bonchev–Trinajstić information content (AvgIpc) is 3.31. The number of rotatable bonds is 7. The number of ether oxygens (including phenoxy) is 1. The Morgan fingerprint density at radius 3 is 2.75 bits per heavy atom. The van der Waals surface area contributed by atoms with Crippen LogP contribution in [-0.2, 0) is 7.05 Å². The molecule has 1 aliphatic rings. The van der Waals surface area contributed by atoms with Crippen LogP contribution in [0.2, 0.25) is 0 Å². The van der Waals surface area contributed by atoms with Gasteiger partial charge in [-0.25, -0.2) is 8.78 Å². The number of nitrogens with zero attached hydrogens (tertiary/aromatic N) is 6. The van der Waals surface area contributed by atoms with Crippen molar-refractivity contribution in [3.63, 3.8) is 0 Å². The Bertz CT molecular complexity index is 1490. The van der Waals surface area contributed by atoms with Crippen LogP contribution in [0, 0.1) is 18.3 Å². The predicted molar refractivity (Wildman–Crippen MR) is 129 cm³/mol. The minimum atomic E-state index is -2.81. The quantitative estimate of drug-likeness (QED) is 0.371. The van der Waals surface area contributed by atoms with Gasteiger partial charge in [0.2, 0.25) is 5.13 Å². The molecule has 9 nitrogen and oxygen atoms in total. The minimum absolute atomic E-state index is 0.129. The Hall–Kier alpha value is -4.24. The fraction of sp³-hybridized carbons (Fsp3) is 0.250. The number of hydrogen-bond acceptors (Lipinski definition) is 8. The monoisotopic (exact) mass is 507 g/mol. The second-order valence-corrected chi connectivity index (χ2v) is 9.12. The van der Waals surface area contributed by atoms with Gasteiger partial charge in [0.1, 0.15) is 22.1 Å². The number of aryl methyl sites for hydroxylation is 1. The topological polar surface area (TPSA) is 108 Å². The first-order valence-corrected chi connectivity index (χ1v) is 11.6. The second-order valence-electron chi connectivity index (χ2n) is 8.11. The molecule has 1 fully saturated rings. The van der Waals surface area contributed by atoms with Gasteiger partial charge in [-0.15, -0.1) is 22.5 Å². The molecular formula is C24H19F2N7O2S. The van der Waals surface area contributed by atoms with E-state index in [2.05, 4.69) is 36.5 Å². The molecule has 2 atom stereocenters. The summed E-state index contributed by atoms with van der Waals surface area (Å²) in [6.45, 7) is 0. The van der Waals surface area contributed by atoms with E-state index in [1.807, 2.05) is 0 Å². The summed E-state index contributed by atoms with van der Waals surface area (Å²) in [5, 5.41) is 16.3. The molecular weight excluding hydrogens is 488 g/mol. The molecule has 4 aromatic heterocycles. The fourth-order valence-corrected chi connectivity index (χ4v) is 4.67. The molecule has 36 heavy (non-hydrogen) atoms. The number of alkyl halides is 2. The van der Waals surface area contributed by atoms with Gasteiger partial charge in [-0.1, -0.05) is 11.3 Å². The van der Waals surface area contributed by atoms with E-state index >= 15 is 0 Å². The van der Waals surface area contributed by atoms with Crippen LogP contribution in [0.15, 0.2) is 36.8 Å². The third-order valence-electron chi connectivity index (χ3n) is 5.73. The van der Waals surface area contributed by atoms with Gasteiger partial charge in [0, 0.05) is 42.4 Å². The molecule has 4 heterocycles. The van der Waals surface area contributed by atoms with Crippen LogP contribution in [0.1, 0.15) is 39.8 Å². The highest BCUT2D eigenvalue weighted by atomic mass is 32.1. The summed E-state index contributed by atoms with van der Waals surface area (Å²) < 4.78 is 34.0. The Morgan fingerprint density at radius 2 is 2.08 bits per heavy atom. The van der Waals surface area contributed by atoms with Crippen molar-refractivity contribution in [2.75, 3.05) is 12.4 Å². The van der Waals surface area contributed by atoms with E-state index in [0.29, 0.717) is 22.1 Å². The zero-order valence-electron chi connectivity index (χ0n) is 19.1. The zero-order valence-corrected chi connectivity index (χ0v) is 20.0. The Morgan fingerprint density at radius 1 is 1.25 bits per heavy atom. The first-order valence-electron chi connectivity index (χ1n) is 10.8. The Kier molecular flexibility index (Phi) is 6.15. The van der Waals surface area contributed by atoms with Crippen molar-refractivity contribution < 1.29 is 18.3 Å². The molecule has 1 unspecified atom stereocenters. The maximum absolute atomic E-state index is 13.5. The summed E-state index contributed by atoms with van der Waals surface area (Å²) in [5.74, 6) is 2.68. The Balaban J connectivity index is 1.55. The summed E-state index contributed by atoms with van der Waals surface area (Å²) in [6, 6.07) is 4.57. The van der Waals surface area contributed by atoms with Crippen molar-refractivity contribution in [3.05, 3.63) is 53.1 Å². The molecule has 4 aromatic rings. The number of terminal acetylenes is 1. The molecule has 0 aromatic carbocycles. The normalized spacial score (nSPS) is 16.6. The summed E-state index contributed by atoms with van der Waals surface area (Å²) in [6.07, 6.45) is 7.82. The van der Waals surface area contributed by atoms with Crippen LogP contribution in [-0.4, -0.2) is 43.0 Å². The van der Waals surface area contributed by atoms with Crippen LogP contribution in [0.25, 0.3) is 22.5 Å². The number of halogens is 2. The number of carbonyl (C=O) groups is 1. The first-order chi connectivity index (χ1) is 17.4. The molecule has 0 spiro atoms. The highest BCUT2D eigenvalue weighted by Gasteiger charge is 2.39. The highest BCUT2D eigenvalue weighted by Crippen LogP contribution is 2.48. The van der Waals surface area contributed by atoms with Crippen molar-refractivity contribution in [3.8, 4) is 40.6 Å². The van der Waals surface area contributed by atoms with Crippen molar-refractivity contribution in [1.82, 2.24) is 29.9 Å². The number of methoxy groups -OCH3 is 1. The van der Waals surface area contributed by atoms with Crippen LogP contribution in [0.3, 0.4) is 0 Å². The van der Waals surface area contributed by atoms with E-state index < -0.39 is 18.0 Å². The Labute approximate surface area is 208 Å². The number of hydrogen-bond donors (Lipinski definition) is 1. The van der Waals surface area contributed by atoms with E-state index in [1.54, 1.807) is 30.1 Å². The van der Waals surface area contributed by atoms with Crippen molar-refractivity contribution >= 4 is 22.4 Å². The van der Waals surface area contributed by atoms with Crippen LogP contribution in [0.5, 0.6) is 5.75 Å². The molecule has 1 saturated carbocycles. The van der Waals surface area contributed by atoms with Gasteiger partial charge < -0.3 is 4.74 Å². The third-order valence-corrected chi connectivity index (χ3v) is 6.70. The molecule has 12 heteroatoms. The van der Waals surface area contributed by atoms with Gasteiger partial charge in [0.25, 0.3) is 12.3 Å². The SMILES string of the molecule is C#C[C@@H]1CC1c1nnc(NC(=O)c2cnc(-c3ccn(C)n3)cc2-c2cc(C(F)F)ncc2OC)s1. The minimum Gasteiger partial charge on any atom is -0.494 e. The lowest BCUT2D eigenvalue weighted by atomic mass is 9.98. The predicted octanol–water partition coefficient (Wildman–Crippen LogP) is 4.33. The molecule has 5 rings (SSSR count). The number of amides is 1. The molecule has 1 aliphatic carbocycles. The van der Waals surface area contributed by atoms with E-state index in [4.69, 9.17) is 11.2 Å². The van der Waals surface area contributed by atoms with Gasteiger partial charge in [-0.2, -0.15) is 5.10 Å². The summed E-state index contributed by atoms with van der Waals surface area (Å²) in [5.41, 5.74) is 1.27. The van der Waals surface area contributed by atoms with Crippen LogP contribution >= 0.6 is 11.3 Å². The maximum atomic E-state index is 13.5. The van der Waals surface area contributed by atoms with Gasteiger partial charge in [0.05, 0.1) is 24.6 Å². The first kappa shape index (κ1) is 23.5. The number of anilines is 1. The molecule has 1 amide bonds. The molecule has 1 N–H and O–H groups in total. The largest absolute Gasteiger partial charge is 0.494 e. The van der Waals surface area contributed by atoms with Crippen LogP contribution in [0.4, 0.5) is 13.9 Å². The van der Waals surface area contributed by atoms with Crippen molar-refractivity contribution in [2.45, 2.75) is 18.8 Å². The second kappa shape index (κ2) is 9.43. The molecule has 0 bridgehead atoms. The maximum Gasteiger partial charge on any atom is 0.280 e. The van der Waals surface area contributed by atoms with Crippen molar-refractivity contribution in [1.29, 1.82) is 0 Å². The highest BCUT2D eigenvalue weighted by molar-refractivity contribution is 7.15. The lowest BCUT2D eigenvalue weighted by molar-refractivity contribution is 0.102. The average molecular weight is 508 g/mol. The lowest BCUT2D eigenvalue weighted by Crippen LogP contribution is -2.14. The van der Waals surface area contributed by atoms with E-state index in [1.165, 1.54) is 36.9 Å². The van der Waals surface area contributed by atoms with Gasteiger partial charge in [-0.05, 0) is 24.6 Å². The summed E-state index contributed by atoms with van der Waals surface area (Å²) >= 11 is 1.25. The van der Waals surface area contributed by atoms with E-state index in [0.717, 1.165) is 11.4 Å². The van der Waals surface area contributed by atoms with E-state index in [9.17, 15) is 13.6 Å². The summed E-state index contributed by atoms with van der Waals surface area (Å²) in [7, 11) is 3.16. The zero-order chi connectivity index (χ0) is 25.4. The third kappa shape index (κ3) is 4.52. The lowest BCUT2D eigenvalue weighted by Gasteiger charge is -2.14. The van der Waals surface area contributed by atoms with Gasteiger partial charge in [-0.3, -0.25) is 24.8 Å². The van der Waals surface area contributed by atoms with Gasteiger partial charge >= 0.3 is 0 Å². The molecule has 0 saturated heterocycles.